The minimum absolute atomic E-state index is 0.108. The lowest BCUT2D eigenvalue weighted by Crippen LogP contribution is -2.45. The Labute approximate surface area is 121 Å². The fraction of sp³-hybridized carbons (Fsp3) is 0.467. The van der Waals surface area contributed by atoms with Crippen molar-refractivity contribution in [1.82, 2.24) is 5.32 Å². The zero-order valence-electron chi connectivity index (χ0n) is 11.9. The van der Waals surface area contributed by atoms with Crippen LogP contribution in [-0.4, -0.2) is 24.2 Å². The van der Waals surface area contributed by atoms with Crippen LogP contribution in [-0.2, 0) is 4.74 Å². The van der Waals surface area contributed by atoms with Gasteiger partial charge < -0.3 is 10.1 Å². The normalized spacial score (nSPS) is 20.6. The van der Waals surface area contributed by atoms with Gasteiger partial charge in [0.15, 0.2) is 0 Å². The minimum Gasteiger partial charge on any atom is -0.375 e. The molecule has 0 aliphatic carbocycles. The zero-order chi connectivity index (χ0) is 15.6. The summed E-state index contributed by atoms with van der Waals surface area (Å²) in [5.41, 5.74) is -1.15. The van der Waals surface area contributed by atoms with E-state index in [1.165, 1.54) is 6.07 Å². The Hall–Kier alpha value is -2.00. The molecule has 0 saturated carbocycles. The summed E-state index contributed by atoms with van der Waals surface area (Å²) >= 11 is 0. The van der Waals surface area contributed by atoms with Crippen LogP contribution in [0.2, 0.25) is 0 Å². The molecule has 21 heavy (non-hydrogen) atoms. The summed E-state index contributed by atoms with van der Waals surface area (Å²) in [4.78, 5) is 12.1. The van der Waals surface area contributed by atoms with Gasteiger partial charge in [0.2, 0.25) is 0 Å². The topological polar surface area (TPSA) is 62.1 Å². The number of hydrogen-bond donors (Lipinski definition) is 1. The van der Waals surface area contributed by atoms with E-state index < -0.39 is 23.1 Å². The highest BCUT2D eigenvalue weighted by molar-refractivity contribution is 5.94. The Balaban J connectivity index is 2.13. The highest BCUT2D eigenvalue weighted by atomic mass is 19.1. The molecule has 0 unspecified atom stereocenters. The number of benzene rings is 1. The van der Waals surface area contributed by atoms with E-state index in [4.69, 9.17) is 10.00 Å². The molecule has 1 aliphatic heterocycles. The number of halogens is 2. The Morgan fingerprint density at radius 1 is 1.43 bits per heavy atom. The molecule has 1 aromatic rings. The van der Waals surface area contributed by atoms with E-state index in [2.05, 4.69) is 5.32 Å². The molecule has 1 heterocycles. The quantitative estimate of drug-likeness (QED) is 0.911. The number of nitriles is 1. The van der Waals surface area contributed by atoms with Gasteiger partial charge in [0.05, 0.1) is 5.60 Å². The smallest absolute Gasteiger partial charge is 0.251 e. The van der Waals surface area contributed by atoms with Crippen LogP contribution in [0.4, 0.5) is 8.78 Å². The maximum atomic E-state index is 13.5. The van der Waals surface area contributed by atoms with E-state index in [9.17, 15) is 13.6 Å². The van der Waals surface area contributed by atoms with E-state index in [-0.39, 0.29) is 17.2 Å². The van der Waals surface area contributed by atoms with Crippen molar-refractivity contribution in [3.8, 4) is 6.07 Å². The first kappa shape index (κ1) is 15.4. The molecule has 1 fully saturated rings. The predicted octanol–water partition coefficient (Wildman–Crippen LogP) is 2.52. The molecule has 0 spiro atoms. The van der Waals surface area contributed by atoms with Crippen molar-refractivity contribution in [2.24, 2.45) is 0 Å². The van der Waals surface area contributed by atoms with Gasteiger partial charge >= 0.3 is 0 Å². The van der Waals surface area contributed by atoms with E-state index in [1.54, 1.807) is 0 Å². The van der Waals surface area contributed by atoms with Crippen molar-refractivity contribution in [2.45, 2.75) is 38.3 Å². The first-order chi connectivity index (χ1) is 9.82. The van der Waals surface area contributed by atoms with Gasteiger partial charge in [0.1, 0.15) is 23.3 Å². The molecule has 1 atom stereocenters. The number of hydrogen-bond acceptors (Lipinski definition) is 3. The van der Waals surface area contributed by atoms with Gasteiger partial charge in [0, 0.05) is 18.2 Å². The van der Waals surface area contributed by atoms with Crippen LogP contribution >= 0.6 is 0 Å². The minimum atomic E-state index is -1.03. The molecule has 1 aromatic carbocycles. The molecule has 1 N–H and O–H groups in total. The predicted molar refractivity (Wildman–Crippen MR) is 71.6 cm³/mol. The molecular formula is C15H16F2N2O2. The van der Waals surface area contributed by atoms with Crippen LogP contribution in [0.15, 0.2) is 12.1 Å². The number of nitrogens with zero attached hydrogens (tertiary/aromatic N) is 1. The maximum absolute atomic E-state index is 13.5. The van der Waals surface area contributed by atoms with Crippen molar-refractivity contribution >= 4 is 5.91 Å². The van der Waals surface area contributed by atoms with Crippen LogP contribution < -0.4 is 5.32 Å². The van der Waals surface area contributed by atoms with Crippen molar-refractivity contribution in [2.75, 3.05) is 6.61 Å². The molecule has 4 nitrogen and oxygen atoms in total. The lowest BCUT2D eigenvalue weighted by atomic mass is 9.93. The second-order valence-electron chi connectivity index (χ2n) is 5.70. The lowest BCUT2D eigenvalue weighted by Gasteiger charge is -2.35. The Morgan fingerprint density at radius 2 is 2.05 bits per heavy atom. The van der Waals surface area contributed by atoms with Gasteiger partial charge in [-0.1, -0.05) is 0 Å². The van der Waals surface area contributed by atoms with Crippen molar-refractivity contribution in [1.29, 1.82) is 5.26 Å². The Kier molecular flexibility index (Phi) is 4.24. The van der Waals surface area contributed by atoms with Crippen molar-refractivity contribution < 1.29 is 18.3 Å². The summed E-state index contributed by atoms with van der Waals surface area (Å²) in [6, 6.07) is 3.07. The average molecular weight is 294 g/mol. The van der Waals surface area contributed by atoms with Gasteiger partial charge in [-0.3, -0.25) is 4.79 Å². The second-order valence-corrected chi connectivity index (χ2v) is 5.70. The largest absolute Gasteiger partial charge is 0.375 e. The molecule has 0 radical (unpaired) electrons. The Morgan fingerprint density at radius 3 is 2.57 bits per heavy atom. The molecule has 1 saturated heterocycles. The fourth-order valence-corrected chi connectivity index (χ4v) is 2.43. The average Bonchev–Trinajstić information content (AvgIpc) is 2.37. The summed E-state index contributed by atoms with van der Waals surface area (Å²) < 4.78 is 32.6. The van der Waals surface area contributed by atoms with Crippen LogP contribution in [0, 0.1) is 23.0 Å². The van der Waals surface area contributed by atoms with E-state index in [1.807, 2.05) is 13.8 Å². The second kappa shape index (κ2) is 5.78. The summed E-state index contributed by atoms with van der Waals surface area (Å²) in [7, 11) is 0. The van der Waals surface area contributed by atoms with Gasteiger partial charge in [-0.25, -0.2) is 8.78 Å². The number of nitrogens with one attached hydrogen (secondary N) is 1. The molecular weight excluding hydrogens is 278 g/mol. The summed E-state index contributed by atoms with van der Waals surface area (Å²) in [6.07, 6.45) is 1.27. The molecule has 6 heteroatoms. The van der Waals surface area contributed by atoms with Crippen LogP contribution in [0.3, 0.4) is 0 Å². The molecule has 2 rings (SSSR count). The van der Waals surface area contributed by atoms with Gasteiger partial charge in [-0.05, 0) is 38.8 Å². The van der Waals surface area contributed by atoms with Gasteiger partial charge in [-0.2, -0.15) is 5.26 Å². The van der Waals surface area contributed by atoms with Crippen LogP contribution in [0.25, 0.3) is 0 Å². The summed E-state index contributed by atoms with van der Waals surface area (Å²) in [5, 5.41) is 11.4. The van der Waals surface area contributed by atoms with E-state index in [0.29, 0.717) is 19.4 Å². The summed E-state index contributed by atoms with van der Waals surface area (Å²) in [5.74, 6) is -2.62. The van der Waals surface area contributed by atoms with Crippen LogP contribution in [0.5, 0.6) is 0 Å². The zero-order valence-corrected chi connectivity index (χ0v) is 11.9. The van der Waals surface area contributed by atoms with Crippen molar-refractivity contribution in [3.63, 3.8) is 0 Å². The molecule has 1 amide bonds. The monoisotopic (exact) mass is 294 g/mol. The number of amides is 1. The highest BCUT2D eigenvalue weighted by Crippen LogP contribution is 2.24. The third-order valence-electron chi connectivity index (χ3n) is 3.45. The molecule has 112 valence electrons. The third-order valence-corrected chi connectivity index (χ3v) is 3.45. The molecule has 1 aliphatic rings. The van der Waals surface area contributed by atoms with Crippen LogP contribution in [0.1, 0.15) is 42.6 Å². The first-order valence-electron chi connectivity index (χ1n) is 6.66. The SMILES string of the molecule is CC1(C)C[C@H](NC(=O)c2cc(F)c(C#N)c(F)c2)CCO1. The van der Waals surface area contributed by atoms with E-state index >= 15 is 0 Å². The summed E-state index contributed by atoms with van der Waals surface area (Å²) in [6.45, 7) is 4.37. The fourth-order valence-electron chi connectivity index (χ4n) is 2.43. The van der Waals surface area contributed by atoms with Gasteiger partial charge in [0.25, 0.3) is 5.91 Å². The standard InChI is InChI=1S/C15H16F2N2O2/c1-15(2)7-10(3-4-21-15)19-14(20)9-5-12(16)11(8-18)13(17)6-9/h5-6,10H,3-4,7H2,1-2H3,(H,19,20)/t10-/m1/s1. The number of carbonyl (C=O) groups excluding carboxylic acids is 1. The highest BCUT2D eigenvalue weighted by Gasteiger charge is 2.30. The number of rotatable bonds is 2. The van der Waals surface area contributed by atoms with Gasteiger partial charge in [-0.15, -0.1) is 0 Å². The lowest BCUT2D eigenvalue weighted by molar-refractivity contribution is -0.0615. The molecule has 0 aromatic heterocycles. The maximum Gasteiger partial charge on any atom is 0.251 e. The first-order valence-corrected chi connectivity index (χ1v) is 6.66. The van der Waals surface area contributed by atoms with Crippen molar-refractivity contribution in [3.05, 3.63) is 34.9 Å². The number of ether oxygens (including phenoxy) is 1. The molecule has 0 bridgehead atoms. The third kappa shape index (κ3) is 3.56. The van der Waals surface area contributed by atoms with E-state index in [0.717, 1.165) is 12.1 Å². The number of carbonyl (C=O) groups is 1. The Bertz CT molecular complexity index is 585.